The molecule has 5 nitrogen and oxygen atoms in total. The smallest absolute Gasteiger partial charge is 0.320 e. The van der Waals surface area contributed by atoms with Crippen LogP contribution >= 0.6 is 0 Å². The first-order valence-electron chi connectivity index (χ1n) is 2.91. The third-order valence-electron chi connectivity index (χ3n) is 0.998. The van der Waals surface area contributed by atoms with Crippen molar-refractivity contribution < 1.29 is 14.1 Å². The van der Waals surface area contributed by atoms with Gasteiger partial charge >= 0.3 is 5.97 Å². The van der Waals surface area contributed by atoms with Crippen molar-refractivity contribution in [3.05, 3.63) is 0 Å². The molecule has 0 aliphatic rings. The lowest BCUT2D eigenvalue weighted by Crippen LogP contribution is -2.31. The summed E-state index contributed by atoms with van der Waals surface area (Å²) in [5.74, 6) is -1.12. The van der Waals surface area contributed by atoms with E-state index in [4.69, 9.17) is 16.0 Å². The first kappa shape index (κ1) is 10.4. The van der Waals surface area contributed by atoms with Crippen molar-refractivity contribution in [1.29, 1.82) is 0 Å². The zero-order valence-electron chi connectivity index (χ0n) is 6.19. The molecule has 0 aromatic rings. The molecule has 6 heteroatoms. The van der Waals surface area contributed by atoms with E-state index < -0.39 is 21.7 Å². The van der Waals surface area contributed by atoms with Crippen LogP contribution in [0.4, 0.5) is 0 Å². The predicted molar refractivity (Wildman–Crippen MR) is 44.5 cm³/mol. The van der Waals surface area contributed by atoms with Crippen LogP contribution in [0.15, 0.2) is 0 Å². The second-order valence-electron chi connectivity index (χ2n) is 2.31. The highest BCUT2D eigenvalue weighted by molar-refractivity contribution is 7.98. The maximum Gasteiger partial charge on any atom is 0.320 e. The highest BCUT2D eigenvalue weighted by Gasteiger charge is 2.09. The van der Waals surface area contributed by atoms with Crippen LogP contribution in [-0.4, -0.2) is 32.9 Å². The number of carboxylic acids is 1. The van der Waals surface area contributed by atoms with E-state index in [-0.39, 0.29) is 6.42 Å². The Bertz CT molecular complexity index is 246. The van der Waals surface area contributed by atoms with Gasteiger partial charge in [0.1, 0.15) is 6.04 Å². The van der Waals surface area contributed by atoms with Gasteiger partial charge in [0.15, 0.2) is 0 Å². The van der Waals surface area contributed by atoms with Crippen molar-refractivity contribution in [1.82, 2.24) is 0 Å². The molecule has 0 aliphatic carbocycles. The highest BCUT2D eigenvalue weighted by Crippen LogP contribution is 1.85. The van der Waals surface area contributed by atoms with E-state index >= 15 is 0 Å². The minimum atomic E-state index is -2.47. The van der Waals surface area contributed by atoms with Gasteiger partial charge in [-0.1, -0.05) is 0 Å². The van der Waals surface area contributed by atoms with Crippen LogP contribution in [0.25, 0.3) is 0 Å². The lowest BCUT2D eigenvalue weighted by atomic mass is 10.2. The van der Waals surface area contributed by atoms with Crippen molar-refractivity contribution in [3.63, 3.8) is 0 Å². The van der Waals surface area contributed by atoms with Gasteiger partial charge in [0.25, 0.3) is 0 Å². The van der Waals surface area contributed by atoms with Crippen molar-refractivity contribution in [3.8, 4) is 0 Å². The van der Waals surface area contributed by atoms with E-state index in [0.29, 0.717) is 0 Å². The van der Waals surface area contributed by atoms with Crippen LogP contribution in [0.2, 0.25) is 0 Å². The summed E-state index contributed by atoms with van der Waals surface area (Å²) >= 11 is 0. The second-order valence-corrected chi connectivity index (χ2v) is 4.58. The lowest BCUT2D eigenvalue weighted by Gasteiger charge is -2.01. The third kappa shape index (κ3) is 5.84. The van der Waals surface area contributed by atoms with Gasteiger partial charge in [0.2, 0.25) is 0 Å². The van der Waals surface area contributed by atoms with Crippen LogP contribution in [0, 0.1) is 0 Å². The fourth-order valence-electron chi connectivity index (χ4n) is 0.396. The van der Waals surface area contributed by atoms with Gasteiger partial charge in [-0.2, -0.15) is 0 Å². The quantitative estimate of drug-likeness (QED) is 0.454. The van der Waals surface area contributed by atoms with Crippen LogP contribution < -0.4 is 10.9 Å². The molecule has 0 radical (unpaired) electrons. The standard InChI is InChI=1S/C5H12N2O3S/c1-11(7,10)3-2-4(6)5(8)9/h3-4H,2,6H2,1H3,(H2,7,10)(H,8,9). The van der Waals surface area contributed by atoms with E-state index in [0.717, 1.165) is 0 Å². The Balaban J connectivity index is 4.11. The van der Waals surface area contributed by atoms with Crippen molar-refractivity contribution in [2.75, 3.05) is 6.26 Å². The number of nitrogens with two attached hydrogens (primary N) is 2. The predicted octanol–water partition coefficient (Wildman–Crippen LogP) is -1.62. The summed E-state index contributed by atoms with van der Waals surface area (Å²) in [6.45, 7) is 0. The van der Waals surface area contributed by atoms with Crippen LogP contribution in [0.5, 0.6) is 0 Å². The lowest BCUT2D eigenvalue weighted by molar-refractivity contribution is -0.138. The van der Waals surface area contributed by atoms with Gasteiger partial charge in [0.05, 0.1) is 0 Å². The first-order valence-corrected chi connectivity index (χ1v) is 5.01. The van der Waals surface area contributed by atoms with Crippen LogP contribution in [-0.2, 0) is 14.5 Å². The zero-order chi connectivity index (χ0) is 9.07. The monoisotopic (exact) mass is 180 g/mol. The minimum absolute atomic E-state index is 0.0289. The number of carboxylic acid groups (broad SMARTS) is 1. The second kappa shape index (κ2) is 3.70. The molecule has 0 fully saturated rings. The number of hydrogen-bond acceptors (Lipinski definition) is 3. The minimum Gasteiger partial charge on any atom is -0.480 e. The molecule has 66 valence electrons. The van der Waals surface area contributed by atoms with E-state index in [9.17, 15) is 9.00 Å². The molecule has 0 heterocycles. The molecule has 0 rings (SSSR count). The normalized spacial score (nSPS) is 18.5. The molecular formula is C5H12N2O3S. The molecule has 0 spiro atoms. The summed E-state index contributed by atoms with van der Waals surface area (Å²) in [4.78, 5) is 10.1. The molecule has 0 saturated heterocycles. The average molecular weight is 180 g/mol. The van der Waals surface area contributed by atoms with Gasteiger partial charge in [0, 0.05) is 22.4 Å². The topological polar surface area (TPSA) is 106 Å². The number of hydrogen-bond donors (Lipinski definition) is 3. The van der Waals surface area contributed by atoms with Crippen molar-refractivity contribution >= 4 is 21.0 Å². The summed E-state index contributed by atoms with van der Waals surface area (Å²) in [7, 11) is -2.47. The van der Waals surface area contributed by atoms with E-state index in [1.165, 1.54) is 11.6 Å². The maximum atomic E-state index is 10.8. The highest BCUT2D eigenvalue weighted by atomic mass is 32.2. The molecular weight excluding hydrogens is 168 g/mol. The largest absolute Gasteiger partial charge is 0.480 e. The fourth-order valence-corrected chi connectivity index (χ4v) is 0.985. The Labute approximate surface area is 65.5 Å². The van der Waals surface area contributed by atoms with Gasteiger partial charge in [-0.3, -0.25) is 14.1 Å². The van der Waals surface area contributed by atoms with Gasteiger partial charge < -0.3 is 10.8 Å². The molecule has 0 bridgehead atoms. The molecule has 5 N–H and O–H groups in total. The number of carbonyl (C=O) groups is 1. The van der Waals surface area contributed by atoms with Crippen molar-refractivity contribution in [2.24, 2.45) is 10.9 Å². The maximum absolute atomic E-state index is 10.8. The molecule has 2 atom stereocenters. The number of aliphatic carboxylic acids is 1. The molecule has 0 amide bonds. The summed E-state index contributed by atoms with van der Waals surface area (Å²) in [5.41, 5.74) is 5.11. The summed E-state index contributed by atoms with van der Waals surface area (Å²) in [5, 5.41) is 14.6. The fraction of sp³-hybridized carbons (Fsp3) is 0.600. The van der Waals surface area contributed by atoms with Crippen LogP contribution in [0.1, 0.15) is 6.42 Å². The third-order valence-corrected chi connectivity index (χ3v) is 1.85. The van der Waals surface area contributed by atoms with E-state index in [1.54, 1.807) is 0 Å². The molecule has 11 heavy (non-hydrogen) atoms. The summed E-state index contributed by atoms with van der Waals surface area (Å²) < 4.78 is 10.8. The molecule has 2 unspecified atom stereocenters. The Hall–Kier alpha value is -0.590. The van der Waals surface area contributed by atoms with E-state index in [1.807, 2.05) is 0 Å². The van der Waals surface area contributed by atoms with Crippen molar-refractivity contribution in [2.45, 2.75) is 12.5 Å². The Morgan fingerprint density at radius 2 is 2.27 bits per heavy atom. The first-order chi connectivity index (χ1) is 4.83. The number of rotatable bonds is 3. The zero-order valence-corrected chi connectivity index (χ0v) is 7.00. The van der Waals surface area contributed by atoms with Gasteiger partial charge in [-0.25, -0.2) is 0 Å². The Morgan fingerprint density at radius 1 is 1.82 bits per heavy atom. The molecule has 0 aromatic carbocycles. The van der Waals surface area contributed by atoms with Gasteiger partial charge in [-0.15, -0.1) is 0 Å². The average Bonchev–Trinajstić information content (AvgIpc) is 1.80. The Kier molecular flexibility index (Phi) is 3.50. The summed E-state index contributed by atoms with van der Waals surface area (Å²) in [6, 6.07) is -1.01. The molecule has 0 aromatic heterocycles. The molecule has 0 aliphatic heterocycles. The van der Waals surface area contributed by atoms with Crippen LogP contribution in [0.3, 0.4) is 0 Å². The van der Waals surface area contributed by atoms with Gasteiger partial charge in [-0.05, 0) is 5.37 Å². The SMILES string of the molecule is CS(N)(=O)=CCC(N)C(=O)O. The van der Waals surface area contributed by atoms with E-state index in [2.05, 4.69) is 0 Å². The molecule has 0 saturated carbocycles. The summed E-state index contributed by atoms with van der Waals surface area (Å²) in [6.07, 6.45) is 1.35. The Morgan fingerprint density at radius 3 is 2.55 bits per heavy atom.